The van der Waals surface area contributed by atoms with E-state index in [4.69, 9.17) is 4.74 Å². The number of hydrogen-bond acceptors (Lipinski definition) is 5. The van der Waals surface area contributed by atoms with Gasteiger partial charge in [0.1, 0.15) is 17.0 Å². The lowest BCUT2D eigenvalue weighted by Gasteiger charge is -2.32. The summed E-state index contributed by atoms with van der Waals surface area (Å²) in [4.78, 5) is 49.0. The van der Waals surface area contributed by atoms with Crippen LogP contribution in [-0.4, -0.2) is 71.2 Å². The molecule has 0 atom stereocenters. The van der Waals surface area contributed by atoms with Crippen molar-refractivity contribution in [2.24, 2.45) is 5.92 Å². The van der Waals surface area contributed by atoms with E-state index in [1.807, 2.05) is 0 Å². The average molecular weight is 481 g/mol. The number of carbonyl (C=O) groups excluding carboxylic acids is 3. The van der Waals surface area contributed by atoms with Crippen LogP contribution in [0.15, 0.2) is 36.5 Å². The van der Waals surface area contributed by atoms with Crippen LogP contribution in [0.25, 0.3) is 11.0 Å². The van der Waals surface area contributed by atoms with E-state index < -0.39 is 11.7 Å². The van der Waals surface area contributed by atoms with E-state index in [9.17, 15) is 18.8 Å². The van der Waals surface area contributed by atoms with Gasteiger partial charge in [-0.2, -0.15) is 4.98 Å². The Bertz CT molecular complexity index is 1250. The number of ketones is 1. The van der Waals surface area contributed by atoms with Gasteiger partial charge in [-0.15, -0.1) is 0 Å². The summed E-state index contributed by atoms with van der Waals surface area (Å²) in [7, 11) is 3.00. The van der Waals surface area contributed by atoms with Gasteiger partial charge in [0, 0.05) is 38.3 Å². The highest BCUT2D eigenvalue weighted by molar-refractivity contribution is 6.44. The Hall–Kier alpha value is -3.75. The maximum Gasteiger partial charge on any atom is 0.294 e. The monoisotopic (exact) mass is 480 g/mol. The molecule has 2 amide bonds. The van der Waals surface area contributed by atoms with Gasteiger partial charge in [-0.1, -0.05) is 12.1 Å². The number of aromatic amines is 1. The summed E-state index contributed by atoms with van der Waals surface area (Å²) in [6.07, 6.45) is 3.93. The summed E-state index contributed by atoms with van der Waals surface area (Å²) < 4.78 is 18.5. The number of methoxy groups -OCH3 is 1. The van der Waals surface area contributed by atoms with Gasteiger partial charge in [0.2, 0.25) is 5.88 Å². The molecule has 1 aliphatic heterocycles. The second-order valence-electron chi connectivity index (χ2n) is 8.86. The molecule has 0 bridgehead atoms. The summed E-state index contributed by atoms with van der Waals surface area (Å²) in [5.74, 6) is -1.19. The second-order valence-corrected chi connectivity index (χ2v) is 8.86. The lowest BCUT2D eigenvalue weighted by molar-refractivity contribution is -0.125. The normalized spacial score (nSPS) is 14.2. The third-order valence-electron chi connectivity index (χ3n) is 6.65. The van der Waals surface area contributed by atoms with Crippen LogP contribution in [0.5, 0.6) is 5.88 Å². The molecule has 2 aromatic heterocycles. The Morgan fingerprint density at radius 1 is 1.17 bits per heavy atom. The number of ether oxygens (including phenoxy) is 1. The number of likely N-dealkylation sites (tertiary alicyclic amines) is 1. The number of nitrogens with zero attached hydrogens (tertiary/aromatic N) is 3. The molecular weight excluding hydrogens is 451 g/mol. The van der Waals surface area contributed by atoms with Crippen molar-refractivity contribution < 1.29 is 23.5 Å². The summed E-state index contributed by atoms with van der Waals surface area (Å²) >= 11 is 0. The fourth-order valence-electron chi connectivity index (χ4n) is 4.42. The highest BCUT2D eigenvalue weighted by atomic mass is 19.1. The van der Waals surface area contributed by atoms with Crippen LogP contribution in [0.1, 0.15) is 46.0 Å². The quantitative estimate of drug-likeness (QED) is 0.413. The zero-order chi connectivity index (χ0) is 25.1. The maximum atomic E-state index is 13.4. The van der Waals surface area contributed by atoms with Gasteiger partial charge < -0.3 is 19.5 Å². The highest BCUT2D eigenvalue weighted by Crippen LogP contribution is 2.29. The molecule has 3 aromatic rings. The lowest BCUT2D eigenvalue weighted by Crippen LogP contribution is -2.39. The van der Waals surface area contributed by atoms with Crippen molar-refractivity contribution in [3.63, 3.8) is 0 Å². The number of nitrogens with one attached hydrogen (secondary N) is 1. The van der Waals surface area contributed by atoms with Crippen LogP contribution in [0.2, 0.25) is 0 Å². The van der Waals surface area contributed by atoms with E-state index in [1.54, 1.807) is 37.1 Å². The molecule has 1 N–H and O–H groups in total. The number of pyridine rings is 1. The van der Waals surface area contributed by atoms with Gasteiger partial charge in [-0.3, -0.25) is 14.4 Å². The Morgan fingerprint density at radius 3 is 2.49 bits per heavy atom. The molecule has 0 spiro atoms. The molecule has 8 nitrogen and oxygen atoms in total. The van der Waals surface area contributed by atoms with Gasteiger partial charge in [0.25, 0.3) is 17.6 Å². The number of Topliss-reactive ketones (excluding diaryl/α,β-unsaturated/α-hetero) is 1. The minimum Gasteiger partial charge on any atom is -0.480 e. The second kappa shape index (κ2) is 10.2. The van der Waals surface area contributed by atoms with E-state index >= 15 is 0 Å². The van der Waals surface area contributed by atoms with Gasteiger partial charge >= 0.3 is 0 Å². The molecule has 4 rings (SSSR count). The first-order valence-electron chi connectivity index (χ1n) is 11.7. The third-order valence-corrected chi connectivity index (χ3v) is 6.65. The minimum absolute atomic E-state index is 0.161. The largest absolute Gasteiger partial charge is 0.480 e. The molecule has 0 aliphatic carbocycles. The predicted molar refractivity (Wildman–Crippen MR) is 129 cm³/mol. The van der Waals surface area contributed by atoms with Crippen molar-refractivity contribution in [1.82, 2.24) is 19.8 Å². The number of halogens is 1. The first-order chi connectivity index (χ1) is 16.8. The number of H-pyrrole nitrogens is 1. The Balaban J connectivity index is 1.52. The third kappa shape index (κ3) is 5.03. The molecule has 184 valence electrons. The Kier molecular flexibility index (Phi) is 7.14. The topological polar surface area (TPSA) is 95.6 Å². The van der Waals surface area contributed by atoms with Crippen LogP contribution in [0.4, 0.5) is 4.39 Å². The summed E-state index contributed by atoms with van der Waals surface area (Å²) in [6, 6.07) is 8.13. The zero-order valence-electron chi connectivity index (χ0n) is 20.1. The average Bonchev–Trinajstić information content (AvgIpc) is 3.30. The molecule has 1 aromatic carbocycles. The van der Waals surface area contributed by atoms with Crippen molar-refractivity contribution in [3.8, 4) is 5.88 Å². The molecule has 1 fully saturated rings. The summed E-state index contributed by atoms with van der Waals surface area (Å²) in [5.41, 5.74) is 1.88. The molecule has 1 aliphatic rings. The SMILES string of the molecule is CCN(C)C(=O)C(=O)c1c[nH]c2nc(OC)c(C(=O)N3CCC(Cc4ccc(F)cc4)CC3)cc12. The lowest BCUT2D eigenvalue weighted by atomic mass is 9.90. The molecule has 0 unspecified atom stereocenters. The molecular formula is C26H29FN4O4. The van der Waals surface area contributed by atoms with E-state index in [0.717, 1.165) is 24.8 Å². The highest BCUT2D eigenvalue weighted by Gasteiger charge is 2.29. The van der Waals surface area contributed by atoms with Gasteiger partial charge in [0.15, 0.2) is 0 Å². The fraction of sp³-hybridized carbons (Fsp3) is 0.385. The number of amides is 2. The fourth-order valence-corrected chi connectivity index (χ4v) is 4.42. The maximum absolute atomic E-state index is 13.4. The van der Waals surface area contributed by atoms with Gasteiger partial charge in [-0.25, -0.2) is 4.39 Å². The minimum atomic E-state index is -0.660. The number of benzene rings is 1. The molecule has 1 saturated heterocycles. The van der Waals surface area contributed by atoms with E-state index in [1.165, 1.54) is 30.3 Å². The molecule has 0 saturated carbocycles. The predicted octanol–water partition coefficient (Wildman–Crippen LogP) is 3.47. The number of fused-ring (bicyclic) bond motifs is 1. The summed E-state index contributed by atoms with van der Waals surface area (Å²) in [6.45, 7) is 3.33. The smallest absolute Gasteiger partial charge is 0.294 e. The first kappa shape index (κ1) is 24.4. The van der Waals surface area contributed by atoms with Crippen LogP contribution >= 0.6 is 0 Å². The van der Waals surface area contributed by atoms with Crippen LogP contribution < -0.4 is 4.74 Å². The number of hydrogen-bond donors (Lipinski definition) is 1. The number of likely N-dealkylation sites (N-methyl/N-ethyl adjacent to an activating group) is 1. The Labute approximate surface area is 203 Å². The number of carbonyl (C=O) groups is 3. The van der Waals surface area contributed by atoms with E-state index in [0.29, 0.717) is 36.6 Å². The van der Waals surface area contributed by atoms with Crippen LogP contribution in [-0.2, 0) is 11.2 Å². The number of aromatic nitrogens is 2. The van der Waals surface area contributed by atoms with Crippen LogP contribution in [0, 0.1) is 11.7 Å². The first-order valence-corrected chi connectivity index (χ1v) is 11.7. The van der Waals surface area contributed by atoms with Crippen molar-refractivity contribution in [2.45, 2.75) is 26.2 Å². The zero-order valence-corrected chi connectivity index (χ0v) is 20.1. The molecule has 3 heterocycles. The Morgan fingerprint density at radius 2 is 1.86 bits per heavy atom. The van der Waals surface area contributed by atoms with Crippen molar-refractivity contribution >= 4 is 28.6 Å². The van der Waals surface area contributed by atoms with Gasteiger partial charge in [-0.05, 0) is 55.9 Å². The molecule has 0 radical (unpaired) electrons. The van der Waals surface area contributed by atoms with E-state index in [2.05, 4.69) is 9.97 Å². The van der Waals surface area contributed by atoms with Gasteiger partial charge in [0.05, 0.1) is 12.7 Å². The molecule has 35 heavy (non-hydrogen) atoms. The summed E-state index contributed by atoms with van der Waals surface area (Å²) in [5, 5.41) is 0.406. The molecule has 9 heteroatoms. The van der Waals surface area contributed by atoms with Crippen LogP contribution in [0.3, 0.4) is 0 Å². The van der Waals surface area contributed by atoms with Crippen molar-refractivity contribution in [1.29, 1.82) is 0 Å². The van der Waals surface area contributed by atoms with E-state index in [-0.39, 0.29) is 28.7 Å². The van der Waals surface area contributed by atoms with Crippen molar-refractivity contribution in [3.05, 3.63) is 59.0 Å². The number of rotatable bonds is 7. The van der Waals surface area contributed by atoms with Crippen molar-refractivity contribution in [2.75, 3.05) is 33.8 Å². The number of piperidine rings is 1. The standard InChI is InChI=1S/C26H29FN4O4/c1-4-30(2)26(34)22(32)21-15-28-23-19(21)14-20(24(29-23)35-3)25(33)31-11-9-17(10-12-31)13-16-5-7-18(27)8-6-16/h5-8,14-15,17H,4,9-13H2,1-3H3,(H,28,29).